The number of piperidine rings is 1. The van der Waals surface area contributed by atoms with Gasteiger partial charge in [-0.15, -0.1) is 0 Å². The summed E-state index contributed by atoms with van der Waals surface area (Å²) in [6.45, 7) is 4.15. The zero-order chi connectivity index (χ0) is 22.3. The van der Waals surface area contributed by atoms with Crippen LogP contribution in [0.4, 0.5) is 0 Å². The van der Waals surface area contributed by atoms with E-state index in [1.54, 1.807) is 31.2 Å². The molecule has 0 saturated carbocycles. The second-order valence-electron chi connectivity index (χ2n) is 8.07. The molecule has 2 aromatic rings. The van der Waals surface area contributed by atoms with E-state index in [4.69, 9.17) is 16.3 Å². The first-order valence-electron chi connectivity index (χ1n) is 10.9. The highest BCUT2D eigenvalue weighted by Crippen LogP contribution is 2.38. The van der Waals surface area contributed by atoms with E-state index in [-0.39, 0.29) is 12.4 Å². The number of aliphatic hydroxyl groups is 1. The molecule has 0 aromatic heterocycles. The van der Waals surface area contributed by atoms with Gasteiger partial charge < -0.3 is 14.7 Å². The number of carbonyl (C=O) groups excluding carboxylic acids is 2. The van der Waals surface area contributed by atoms with Crippen LogP contribution in [-0.2, 0) is 9.53 Å². The molecule has 31 heavy (non-hydrogen) atoms. The number of halogens is 1. The number of hydrogen-bond donors (Lipinski definition) is 1. The summed E-state index contributed by atoms with van der Waals surface area (Å²) < 4.78 is 5.28. The fraction of sp³-hybridized carbons (Fsp3) is 0.440. The van der Waals surface area contributed by atoms with Crippen molar-refractivity contribution in [3.8, 4) is 0 Å². The standard InChI is InChI=1S/C25H30ClNO4/c1-2-31-24(29)23(20-10-12-21(26)13-11-20)25(30)14-17-27(18-15-25)16-6-9-22(28)19-7-4-3-5-8-19/h3-5,7-8,10-13,23,30H,2,6,9,14-18H2,1H3. The smallest absolute Gasteiger partial charge is 0.316 e. The molecular weight excluding hydrogens is 414 g/mol. The van der Waals surface area contributed by atoms with E-state index in [0.29, 0.717) is 42.9 Å². The van der Waals surface area contributed by atoms with Gasteiger partial charge in [-0.2, -0.15) is 0 Å². The Bertz CT molecular complexity index is 861. The Hall–Kier alpha value is -2.21. The monoisotopic (exact) mass is 443 g/mol. The van der Waals surface area contributed by atoms with Crippen molar-refractivity contribution in [1.29, 1.82) is 0 Å². The molecule has 1 heterocycles. The molecule has 1 aliphatic heterocycles. The van der Waals surface area contributed by atoms with Crippen molar-refractivity contribution in [2.75, 3.05) is 26.2 Å². The second kappa shape index (κ2) is 10.9. The number of ether oxygens (including phenoxy) is 1. The number of carbonyl (C=O) groups is 2. The minimum atomic E-state index is -1.17. The third kappa shape index (κ3) is 6.16. The van der Waals surface area contributed by atoms with Gasteiger partial charge in [0.1, 0.15) is 5.92 Å². The molecule has 0 spiro atoms. The number of esters is 1. The summed E-state index contributed by atoms with van der Waals surface area (Å²) in [5.74, 6) is -1.00. The topological polar surface area (TPSA) is 66.8 Å². The quantitative estimate of drug-likeness (QED) is 0.457. The molecule has 1 saturated heterocycles. The molecule has 1 unspecified atom stereocenters. The molecule has 6 heteroatoms. The largest absolute Gasteiger partial charge is 0.465 e. The molecule has 1 aliphatic rings. The maximum atomic E-state index is 12.7. The summed E-state index contributed by atoms with van der Waals surface area (Å²) in [6.07, 6.45) is 2.20. The van der Waals surface area contributed by atoms with Gasteiger partial charge in [-0.05, 0) is 50.4 Å². The summed E-state index contributed by atoms with van der Waals surface area (Å²) >= 11 is 6.00. The van der Waals surface area contributed by atoms with Crippen LogP contribution in [0.15, 0.2) is 54.6 Å². The maximum absolute atomic E-state index is 12.7. The molecule has 0 bridgehead atoms. The van der Waals surface area contributed by atoms with E-state index in [9.17, 15) is 14.7 Å². The lowest BCUT2D eigenvalue weighted by Crippen LogP contribution is -2.50. The summed E-state index contributed by atoms with van der Waals surface area (Å²) in [6, 6.07) is 16.4. The van der Waals surface area contributed by atoms with Crippen LogP contribution in [0.25, 0.3) is 0 Å². The first-order valence-corrected chi connectivity index (χ1v) is 11.3. The predicted molar refractivity (Wildman–Crippen MR) is 121 cm³/mol. The van der Waals surface area contributed by atoms with Gasteiger partial charge in [0.05, 0.1) is 12.2 Å². The van der Waals surface area contributed by atoms with Gasteiger partial charge in [0.2, 0.25) is 0 Å². The maximum Gasteiger partial charge on any atom is 0.316 e. The number of likely N-dealkylation sites (tertiary alicyclic amines) is 1. The second-order valence-corrected chi connectivity index (χ2v) is 8.51. The third-order valence-corrected chi connectivity index (χ3v) is 6.21. The SMILES string of the molecule is CCOC(=O)C(c1ccc(Cl)cc1)C1(O)CCN(CCCC(=O)c2ccccc2)CC1. The first kappa shape index (κ1) is 23.5. The Kier molecular flexibility index (Phi) is 8.24. The van der Waals surface area contributed by atoms with Crippen molar-refractivity contribution in [3.05, 3.63) is 70.7 Å². The molecule has 2 aromatic carbocycles. The van der Waals surface area contributed by atoms with E-state index in [2.05, 4.69) is 4.90 Å². The van der Waals surface area contributed by atoms with Gasteiger partial charge in [0.25, 0.3) is 0 Å². The highest BCUT2D eigenvalue weighted by molar-refractivity contribution is 6.30. The molecule has 1 fully saturated rings. The Morgan fingerprint density at radius 1 is 1.10 bits per heavy atom. The van der Waals surface area contributed by atoms with Crippen molar-refractivity contribution >= 4 is 23.4 Å². The zero-order valence-electron chi connectivity index (χ0n) is 17.9. The van der Waals surface area contributed by atoms with Gasteiger partial charge in [-0.1, -0.05) is 54.1 Å². The van der Waals surface area contributed by atoms with Crippen LogP contribution in [0.5, 0.6) is 0 Å². The number of rotatable bonds is 9. The van der Waals surface area contributed by atoms with Gasteiger partial charge in [-0.25, -0.2) is 0 Å². The van der Waals surface area contributed by atoms with Crippen LogP contribution >= 0.6 is 11.6 Å². The van der Waals surface area contributed by atoms with Gasteiger partial charge in [0.15, 0.2) is 5.78 Å². The summed E-state index contributed by atoms with van der Waals surface area (Å²) in [4.78, 5) is 27.3. The fourth-order valence-electron chi connectivity index (χ4n) is 4.23. The van der Waals surface area contributed by atoms with E-state index >= 15 is 0 Å². The van der Waals surface area contributed by atoms with Crippen molar-refractivity contribution in [3.63, 3.8) is 0 Å². The van der Waals surface area contributed by atoms with Gasteiger partial charge in [0, 0.05) is 30.1 Å². The first-order chi connectivity index (χ1) is 14.9. The molecule has 3 rings (SSSR count). The van der Waals surface area contributed by atoms with Crippen molar-refractivity contribution in [1.82, 2.24) is 4.90 Å². The van der Waals surface area contributed by atoms with Crippen molar-refractivity contribution < 1.29 is 19.4 Å². The summed E-state index contributed by atoms with van der Waals surface area (Å²) in [5.41, 5.74) is 0.291. The molecule has 0 amide bonds. The Balaban J connectivity index is 1.57. The normalized spacial score (nSPS) is 17.1. The van der Waals surface area contributed by atoms with Gasteiger partial charge in [-0.3, -0.25) is 9.59 Å². The minimum absolute atomic E-state index is 0.152. The summed E-state index contributed by atoms with van der Waals surface area (Å²) in [7, 11) is 0. The Morgan fingerprint density at radius 2 is 1.74 bits per heavy atom. The highest BCUT2D eigenvalue weighted by Gasteiger charge is 2.45. The minimum Gasteiger partial charge on any atom is -0.465 e. The number of nitrogens with zero attached hydrogens (tertiary/aromatic N) is 1. The molecule has 5 nitrogen and oxygen atoms in total. The summed E-state index contributed by atoms with van der Waals surface area (Å²) in [5, 5.41) is 12.0. The predicted octanol–water partition coefficient (Wildman–Crippen LogP) is 4.48. The Morgan fingerprint density at radius 3 is 2.35 bits per heavy atom. The van der Waals surface area contributed by atoms with Crippen LogP contribution in [0.1, 0.15) is 54.4 Å². The lowest BCUT2D eigenvalue weighted by Gasteiger charge is -2.42. The molecule has 1 atom stereocenters. The number of Topliss-reactive ketones (excluding diaryl/α,β-unsaturated/α-hetero) is 1. The van der Waals surface area contributed by atoms with Crippen LogP contribution < -0.4 is 0 Å². The zero-order valence-corrected chi connectivity index (χ0v) is 18.7. The average molecular weight is 444 g/mol. The molecule has 0 aliphatic carbocycles. The molecular formula is C25H30ClNO4. The lowest BCUT2D eigenvalue weighted by molar-refractivity contribution is -0.155. The van der Waals surface area contributed by atoms with Crippen molar-refractivity contribution in [2.24, 2.45) is 0 Å². The molecule has 0 radical (unpaired) electrons. The third-order valence-electron chi connectivity index (χ3n) is 5.96. The van der Waals surface area contributed by atoms with Crippen molar-refractivity contribution in [2.45, 2.75) is 44.1 Å². The molecule has 1 N–H and O–H groups in total. The van der Waals surface area contributed by atoms with Gasteiger partial charge >= 0.3 is 5.97 Å². The van der Waals surface area contributed by atoms with Crippen LogP contribution in [-0.4, -0.2) is 53.6 Å². The van der Waals surface area contributed by atoms with E-state index in [1.165, 1.54) is 0 Å². The average Bonchev–Trinajstić information content (AvgIpc) is 2.77. The van der Waals surface area contributed by atoms with Crippen LogP contribution in [0, 0.1) is 0 Å². The lowest BCUT2D eigenvalue weighted by atomic mass is 9.75. The highest BCUT2D eigenvalue weighted by atomic mass is 35.5. The fourth-order valence-corrected chi connectivity index (χ4v) is 4.36. The number of ketones is 1. The van der Waals surface area contributed by atoms with Crippen LogP contribution in [0.3, 0.4) is 0 Å². The van der Waals surface area contributed by atoms with E-state index < -0.39 is 17.5 Å². The Labute approximate surface area is 189 Å². The number of hydrogen-bond acceptors (Lipinski definition) is 5. The van der Waals surface area contributed by atoms with Crippen LogP contribution in [0.2, 0.25) is 5.02 Å². The van der Waals surface area contributed by atoms with E-state index in [0.717, 1.165) is 18.5 Å². The molecule has 166 valence electrons. The van der Waals surface area contributed by atoms with E-state index in [1.807, 2.05) is 30.3 Å². The number of benzene rings is 2.